The molecule has 38 heavy (non-hydrogen) atoms. The van der Waals surface area contributed by atoms with Gasteiger partial charge in [0, 0.05) is 11.3 Å². The first-order valence-corrected chi connectivity index (χ1v) is 12.1. The first-order chi connectivity index (χ1) is 18.1. The van der Waals surface area contributed by atoms with Crippen LogP contribution in [0.1, 0.15) is 42.9 Å². The normalized spacial score (nSPS) is 13.0. The third-order valence-corrected chi connectivity index (χ3v) is 5.61. The van der Waals surface area contributed by atoms with Gasteiger partial charge in [-0.05, 0) is 66.0 Å². The summed E-state index contributed by atoms with van der Waals surface area (Å²) < 4.78 is 40.5. The quantitative estimate of drug-likeness (QED) is 0.125. The number of nitrogens with zero attached hydrogens (tertiary/aromatic N) is 3. The van der Waals surface area contributed by atoms with E-state index in [0.717, 1.165) is 29.8 Å². The Morgan fingerprint density at radius 2 is 1.74 bits per heavy atom. The number of benzene rings is 3. The molecule has 0 fully saturated rings. The molecule has 0 saturated carbocycles. The van der Waals surface area contributed by atoms with Crippen LogP contribution < -0.4 is 21.2 Å². The van der Waals surface area contributed by atoms with Crippen molar-refractivity contribution in [3.8, 4) is 5.75 Å². The van der Waals surface area contributed by atoms with E-state index in [1.54, 1.807) is 18.3 Å². The van der Waals surface area contributed by atoms with Crippen LogP contribution in [0.15, 0.2) is 87.9 Å². The molecule has 0 heterocycles. The average molecular weight is 541 g/mol. The number of aliphatic imine (C=N–C) groups is 2. The van der Waals surface area contributed by atoms with Crippen molar-refractivity contribution in [3.63, 3.8) is 0 Å². The number of anilines is 1. The summed E-state index contributed by atoms with van der Waals surface area (Å²) >= 11 is 5.36. The van der Waals surface area contributed by atoms with Gasteiger partial charge in [-0.3, -0.25) is 5.43 Å². The molecule has 0 aliphatic carbocycles. The second-order valence-corrected chi connectivity index (χ2v) is 8.55. The summed E-state index contributed by atoms with van der Waals surface area (Å²) in [5.41, 5.74) is 12.8. The van der Waals surface area contributed by atoms with Crippen LogP contribution in [0.25, 0.3) is 0 Å². The summed E-state index contributed by atoms with van der Waals surface area (Å²) in [6.07, 6.45) is -0.876. The molecule has 0 radical (unpaired) electrons. The van der Waals surface area contributed by atoms with Gasteiger partial charge in [-0.1, -0.05) is 56.3 Å². The first kappa shape index (κ1) is 28.3. The van der Waals surface area contributed by atoms with Crippen molar-refractivity contribution in [1.82, 2.24) is 5.43 Å². The number of para-hydroxylation sites is 1. The van der Waals surface area contributed by atoms with Gasteiger partial charge in [0.2, 0.25) is 0 Å². The number of ether oxygens (including phenoxy) is 1. The Morgan fingerprint density at radius 1 is 1.05 bits per heavy atom. The van der Waals surface area contributed by atoms with Gasteiger partial charge in [-0.15, -0.1) is 13.2 Å². The molecule has 0 spiro atoms. The number of thiocarbonyl (C=S) groups is 1. The number of hydrogen-bond donors (Lipinski definition) is 3. The van der Waals surface area contributed by atoms with Gasteiger partial charge in [0.1, 0.15) is 17.9 Å². The number of nitrogens with one attached hydrogen (secondary N) is 2. The van der Waals surface area contributed by atoms with Crippen LogP contribution in [0, 0.1) is 0 Å². The van der Waals surface area contributed by atoms with E-state index in [4.69, 9.17) is 18.0 Å². The molecule has 7 nitrogen and oxygen atoms in total. The van der Waals surface area contributed by atoms with Crippen molar-refractivity contribution in [1.29, 1.82) is 0 Å². The summed E-state index contributed by atoms with van der Waals surface area (Å²) in [4.78, 5) is 8.13. The first-order valence-electron chi connectivity index (χ1n) is 11.7. The standard InChI is InChI=1S/C27H27F3N6OS/c1-3-18(2)23-6-4-5-7-24(23)35-26(38)36-34-16-19-8-10-20(11-9-19)25(31)33-17-32-21-12-14-22(15-13-21)37-27(28,29)30/h4-18H,3H2,1-2H3,(H2,31,32,33)(H2,35,36,38)/b34-16+. The summed E-state index contributed by atoms with van der Waals surface area (Å²) in [5, 5.41) is 7.75. The van der Waals surface area contributed by atoms with Crippen LogP contribution in [0.2, 0.25) is 0 Å². The number of rotatable bonds is 9. The van der Waals surface area contributed by atoms with Crippen LogP contribution in [-0.4, -0.2) is 29.9 Å². The number of amidine groups is 1. The lowest BCUT2D eigenvalue weighted by Crippen LogP contribution is -2.24. The van der Waals surface area contributed by atoms with Crippen LogP contribution in [0.3, 0.4) is 0 Å². The summed E-state index contributed by atoms with van der Waals surface area (Å²) in [6.45, 7) is 4.31. The maximum absolute atomic E-state index is 12.2. The second-order valence-electron chi connectivity index (χ2n) is 8.14. The Labute approximate surface area is 224 Å². The second kappa shape index (κ2) is 13.3. The van der Waals surface area contributed by atoms with E-state index in [1.807, 2.05) is 30.3 Å². The van der Waals surface area contributed by atoms with Crippen LogP contribution >= 0.6 is 12.2 Å². The van der Waals surface area contributed by atoms with Gasteiger partial charge in [0.15, 0.2) is 5.11 Å². The number of hydrazone groups is 1. The lowest BCUT2D eigenvalue weighted by molar-refractivity contribution is -0.274. The Kier molecular flexibility index (Phi) is 9.94. The SMILES string of the molecule is CCC(C)c1ccccc1NC(=S)N/N=C/c1ccc(C(N)=NC=Nc2ccc(OC(F)(F)F)cc2)cc1. The number of halogens is 3. The van der Waals surface area contributed by atoms with Gasteiger partial charge >= 0.3 is 6.36 Å². The van der Waals surface area contributed by atoms with Gasteiger partial charge in [0.25, 0.3) is 0 Å². The third kappa shape index (κ3) is 9.00. The highest BCUT2D eigenvalue weighted by molar-refractivity contribution is 7.80. The molecule has 3 aromatic rings. The molecule has 3 rings (SSSR count). The van der Waals surface area contributed by atoms with Crippen LogP contribution in [0.4, 0.5) is 24.5 Å². The third-order valence-electron chi connectivity index (χ3n) is 5.41. The van der Waals surface area contributed by atoms with E-state index in [1.165, 1.54) is 24.0 Å². The maximum atomic E-state index is 12.2. The van der Waals surface area contributed by atoms with E-state index in [2.05, 4.69) is 50.5 Å². The zero-order chi connectivity index (χ0) is 27.5. The summed E-state index contributed by atoms with van der Waals surface area (Å²) in [6, 6.07) is 20.3. The molecule has 1 atom stereocenters. The molecular formula is C27H27F3N6OS. The van der Waals surface area contributed by atoms with Crippen molar-refractivity contribution < 1.29 is 17.9 Å². The molecule has 3 aromatic carbocycles. The van der Waals surface area contributed by atoms with Gasteiger partial charge in [-0.25, -0.2) is 9.98 Å². The number of alkyl halides is 3. The van der Waals surface area contributed by atoms with Gasteiger partial charge in [-0.2, -0.15) is 5.10 Å². The van der Waals surface area contributed by atoms with Crippen molar-refractivity contribution >= 4 is 47.1 Å². The van der Waals surface area contributed by atoms with Crippen molar-refractivity contribution in [3.05, 3.63) is 89.5 Å². The smallest absolute Gasteiger partial charge is 0.406 e. The molecule has 0 aromatic heterocycles. The zero-order valence-electron chi connectivity index (χ0n) is 20.7. The molecule has 0 aliphatic heterocycles. The largest absolute Gasteiger partial charge is 0.573 e. The van der Waals surface area contributed by atoms with E-state index in [-0.39, 0.29) is 11.6 Å². The molecule has 0 bridgehead atoms. The fourth-order valence-corrected chi connectivity index (χ4v) is 3.44. The monoisotopic (exact) mass is 540 g/mol. The summed E-state index contributed by atoms with van der Waals surface area (Å²) in [7, 11) is 0. The molecule has 0 amide bonds. The number of hydrogen-bond acceptors (Lipinski definition) is 4. The van der Waals surface area contributed by atoms with E-state index < -0.39 is 6.36 Å². The van der Waals surface area contributed by atoms with Gasteiger partial charge in [0.05, 0.1) is 11.9 Å². The van der Waals surface area contributed by atoms with Crippen molar-refractivity contribution in [2.24, 2.45) is 20.8 Å². The predicted molar refractivity (Wildman–Crippen MR) is 151 cm³/mol. The molecule has 0 saturated heterocycles. The Bertz CT molecular complexity index is 1310. The number of nitrogens with two attached hydrogens (primary N) is 1. The summed E-state index contributed by atoms with van der Waals surface area (Å²) in [5.74, 6) is 0.292. The van der Waals surface area contributed by atoms with Crippen LogP contribution in [0.5, 0.6) is 5.75 Å². The minimum atomic E-state index is -4.74. The molecule has 11 heteroatoms. The van der Waals surface area contributed by atoms with Crippen molar-refractivity contribution in [2.75, 3.05) is 5.32 Å². The highest BCUT2D eigenvalue weighted by Gasteiger charge is 2.30. The topological polar surface area (TPSA) is 96.4 Å². The molecule has 0 aliphatic rings. The molecule has 4 N–H and O–H groups in total. The Morgan fingerprint density at radius 3 is 2.39 bits per heavy atom. The van der Waals surface area contributed by atoms with E-state index in [9.17, 15) is 13.2 Å². The Balaban J connectivity index is 1.53. The van der Waals surface area contributed by atoms with E-state index >= 15 is 0 Å². The highest BCUT2D eigenvalue weighted by atomic mass is 32.1. The van der Waals surface area contributed by atoms with E-state index in [0.29, 0.717) is 22.3 Å². The minimum Gasteiger partial charge on any atom is -0.406 e. The maximum Gasteiger partial charge on any atom is 0.573 e. The van der Waals surface area contributed by atoms with Crippen LogP contribution in [-0.2, 0) is 0 Å². The minimum absolute atomic E-state index is 0.220. The van der Waals surface area contributed by atoms with Gasteiger partial charge < -0.3 is 15.8 Å². The zero-order valence-corrected chi connectivity index (χ0v) is 21.6. The molecule has 198 valence electrons. The Hall–Kier alpha value is -4.25. The lowest BCUT2D eigenvalue weighted by atomic mass is 9.97. The average Bonchev–Trinajstić information content (AvgIpc) is 2.89. The van der Waals surface area contributed by atoms with Crippen molar-refractivity contribution in [2.45, 2.75) is 32.5 Å². The highest BCUT2D eigenvalue weighted by Crippen LogP contribution is 2.26. The molecular weight excluding hydrogens is 513 g/mol. The fourth-order valence-electron chi connectivity index (χ4n) is 3.28. The lowest BCUT2D eigenvalue weighted by Gasteiger charge is -2.16. The predicted octanol–water partition coefficient (Wildman–Crippen LogP) is 6.48. The molecule has 1 unspecified atom stereocenters. The fraction of sp³-hybridized carbons (Fsp3) is 0.185.